The van der Waals surface area contributed by atoms with E-state index in [1.54, 1.807) is 6.20 Å². The second kappa shape index (κ2) is 6.84. The van der Waals surface area contributed by atoms with Crippen molar-refractivity contribution in [2.24, 2.45) is 5.41 Å². The van der Waals surface area contributed by atoms with Crippen molar-refractivity contribution in [2.75, 3.05) is 5.73 Å². The third-order valence-electron chi connectivity index (χ3n) is 3.13. The highest BCUT2D eigenvalue weighted by molar-refractivity contribution is 5.94. The molecule has 0 saturated heterocycles. The number of alkyl halides is 1. The molecule has 0 aliphatic heterocycles. The molecule has 1 unspecified atom stereocenters. The predicted octanol–water partition coefficient (Wildman–Crippen LogP) is 1.50. The van der Waals surface area contributed by atoms with E-state index in [2.05, 4.69) is 20.6 Å². The second-order valence-electron chi connectivity index (χ2n) is 6.78. The summed E-state index contributed by atoms with van der Waals surface area (Å²) >= 11 is 0. The number of hydrogen-bond donors (Lipinski definition) is 1. The minimum atomic E-state index is -1.12. The Morgan fingerprint density at radius 2 is 1.96 bits per heavy atom. The van der Waals surface area contributed by atoms with E-state index in [-0.39, 0.29) is 30.0 Å². The van der Waals surface area contributed by atoms with Crippen LogP contribution in [-0.2, 0) is 13.1 Å². The van der Waals surface area contributed by atoms with E-state index in [9.17, 15) is 9.18 Å². The molecule has 0 bridgehead atoms. The molecular formula is C14H22FN7O. The number of halogens is 1. The molecule has 0 radical (unpaired) electrons. The Bertz CT molecular complexity index is 658. The van der Waals surface area contributed by atoms with Crippen LogP contribution in [0.4, 0.5) is 10.2 Å². The molecule has 2 aromatic heterocycles. The fourth-order valence-electron chi connectivity index (χ4n) is 2.08. The number of ketones is 1. The zero-order valence-electron chi connectivity index (χ0n) is 13.6. The zero-order chi connectivity index (χ0) is 17.0. The van der Waals surface area contributed by atoms with E-state index in [1.807, 2.05) is 20.8 Å². The molecule has 8 nitrogen and oxygen atoms in total. The SMILES string of the molecule is CC(C)(C)CC(=O)c1cn(CCC(F)Cn2cc(N)nn2)nn1. The Morgan fingerprint density at radius 3 is 2.57 bits per heavy atom. The van der Waals surface area contributed by atoms with Gasteiger partial charge in [0.1, 0.15) is 11.9 Å². The highest BCUT2D eigenvalue weighted by Crippen LogP contribution is 2.20. The number of carbonyl (C=O) groups excluding carboxylic acids is 1. The number of nitrogens with two attached hydrogens (primary N) is 1. The van der Waals surface area contributed by atoms with Gasteiger partial charge in [0.25, 0.3) is 0 Å². The van der Waals surface area contributed by atoms with Gasteiger partial charge >= 0.3 is 0 Å². The van der Waals surface area contributed by atoms with Crippen molar-refractivity contribution in [3.8, 4) is 0 Å². The monoisotopic (exact) mass is 323 g/mol. The van der Waals surface area contributed by atoms with Crippen molar-refractivity contribution >= 4 is 11.6 Å². The van der Waals surface area contributed by atoms with Crippen LogP contribution in [0, 0.1) is 5.41 Å². The fourth-order valence-corrected chi connectivity index (χ4v) is 2.08. The van der Waals surface area contributed by atoms with Crippen LogP contribution >= 0.6 is 0 Å². The summed E-state index contributed by atoms with van der Waals surface area (Å²) in [5, 5.41) is 15.0. The standard InChI is InChI=1S/C14H22FN7O/c1-14(2,3)6-12(23)11-8-21(19-17-11)5-4-10(15)7-22-9-13(16)18-20-22/h8-10H,4-7,16H2,1-3H3. The average molecular weight is 323 g/mol. The maximum Gasteiger partial charge on any atom is 0.185 e. The lowest BCUT2D eigenvalue weighted by molar-refractivity contribution is 0.0935. The Hall–Kier alpha value is -2.32. The number of nitrogen functional groups attached to an aromatic ring is 1. The first kappa shape index (κ1) is 17.0. The van der Waals surface area contributed by atoms with Crippen LogP contribution < -0.4 is 5.73 Å². The van der Waals surface area contributed by atoms with Crippen molar-refractivity contribution in [3.63, 3.8) is 0 Å². The van der Waals surface area contributed by atoms with Crippen LogP contribution in [0.25, 0.3) is 0 Å². The van der Waals surface area contributed by atoms with E-state index in [0.717, 1.165) is 0 Å². The maximum absolute atomic E-state index is 13.9. The highest BCUT2D eigenvalue weighted by Gasteiger charge is 2.20. The molecule has 126 valence electrons. The Labute approximate surface area is 133 Å². The molecule has 0 spiro atoms. The Kier molecular flexibility index (Phi) is 5.07. The molecule has 23 heavy (non-hydrogen) atoms. The van der Waals surface area contributed by atoms with E-state index in [4.69, 9.17) is 5.73 Å². The van der Waals surface area contributed by atoms with Gasteiger partial charge in [0.15, 0.2) is 11.6 Å². The van der Waals surface area contributed by atoms with Crippen molar-refractivity contribution in [2.45, 2.75) is 52.9 Å². The molecule has 0 saturated carbocycles. The average Bonchev–Trinajstić information content (AvgIpc) is 3.04. The van der Waals surface area contributed by atoms with Gasteiger partial charge in [-0.2, -0.15) is 0 Å². The first-order valence-corrected chi connectivity index (χ1v) is 7.46. The summed E-state index contributed by atoms with van der Waals surface area (Å²) in [6.07, 6.45) is 2.55. The van der Waals surface area contributed by atoms with Crippen LogP contribution in [0.3, 0.4) is 0 Å². The van der Waals surface area contributed by atoms with Gasteiger partial charge in [-0.3, -0.25) is 9.48 Å². The van der Waals surface area contributed by atoms with Crippen molar-refractivity contribution < 1.29 is 9.18 Å². The summed E-state index contributed by atoms with van der Waals surface area (Å²) < 4.78 is 16.8. The zero-order valence-corrected chi connectivity index (χ0v) is 13.6. The first-order valence-electron chi connectivity index (χ1n) is 7.46. The Balaban J connectivity index is 1.83. The number of Topliss-reactive ketones (excluding diaryl/α,β-unsaturated/α-hetero) is 1. The van der Waals surface area contributed by atoms with Crippen molar-refractivity contribution in [3.05, 3.63) is 18.1 Å². The van der Waals surface area contributed by atoms with Crippen LogP contribution in [0.1, 0.15) is 44.1 Å². The Morgan fingerprint density at radius 1 is 1.26 bits per heavy atom. The second-order valence-corrected chi connectivity index (χ2v) is 6.78. The molecular weight excluding hydrogens is 301 g/mol. The molecule has 1 atom stereocenters. The summed E-state index contributed by atoms with van der Waals surface area (Å²) in [6.45, 7) is 6.37. The van der Waals surface area contributed by atoms with E-state index in [0.29, 0.717) is 18.7 Å². The van der Waals surface area contributed by atoms with E-state index < -0.39 is 6.17 Å². The lowest BCUT2D eigenvalue weighted by Crippen LogP contribution is -2.15. The van der Waals surface area contributed by atoms with Gasteiger partial charge in [0.2, 0.25) is 0 Å². The van der Waals surface area contributed by atoms with Crippen LogP contribution in [0.5, 0.6) is 0 Å². The molecule has 0 fully saturated rings. The molecule has 2 heterocycles. The normalized spacial score (nSPS) is 13.2. The topological polar surface area (TPSA) is 105 Å². The van der Waals surface area contributed by atoms with Crippen LogP contribution in [-0.4, -0.2) is 41.9 Å². The smallest absolute Gasteiger partial charge is 0.185 e. The molecule has 2 rings (SSSR count). The van der Waals surface area contributed by atoms with Crippen molar-refractivity contribution in [1.82, 2.24) is 30.0 Å². The number of aryl methyl sites for hydroxylation is 1. The summed E-state index contributed by atoms with van der Waals surface area (Å²) in [4.78, 5) is 12.0. The molecule has 2 aromatic rings. The minimum absolute atomic E-state index is 0.0568. The summed E-state index contributed by atoms with van der Waals surface area (Å²) in [6, 6.07) is 0. The molecule has 9 heteroatoms. The lowest BCUT2D eigenvalue weighted by atomic mass is 9.89. The van der Waals surface area contributed by atoms with Gasteiger partial charge in [-0.25, -0.2) is 9.07 Å². The third kappa shape index (κ3) is 5.42. The van der Waals surface area contributed by atoms with Gasteiger partial charge in [0, 0.05) is 19.4 Å². The third-order valence-corrected chi connectivity index (χ3v) is 3.13. The number of hydrogen-bond acceptors (Lipinski definition) is 6. The fraction of sp³-hybridized carbons (Fsp3) is 0.643. The summed E-state index contributed by atoms with van der Waals surface area (Å²) in [5.74, 6) is 0.203. The van der Waals surface area contributed by atoms with E-state index in [1.165, 1.54) is 15.6 Å². The predicted molar refractivity (Wildman–Crippen MR) is 82.4 cm³/mol. The van der Waals surface area contributed by atoms with Gasteiger partial charge in [0.05, 0.1) is 18.9 Å². The van der Waals surface area contributed by atoms with Gasteiger partial charge in [-0.15, -0.1) is 10.2 Å². The number of nitrogens with zero attached hydrogens (tertiary/aromatic N) is 6. The van der Waals surface area contributed by atoms with Crippen LogP contribution in [0.15, 0.2) is 12.4 Å². The van der Waals surface area contributed by atoms with Gasteiger partial charge in [-0.05, 0) is 5.41 Å². The minimum Gasteiger partial charge on any atom is -0.381 e. The largest absolute Gasteiger partial charge is 0.381 e. The molecule has 2 N–H and O–H groups in total. The lowest BCUT2D eigenvalue weighted by Gasteiger charge is -2.15. The maximum atomic E-state index is 13.9. The summed E-state index contributed by atoms with van der Waals surface area (Å²) in [5.41, 5.74) is 5.64. The number of rotatable bonds is 7. The quantitative estimate of drug-likeness (QED) is 0.774. The molecule has 0 aliphatic rings. The first-order chi connectivity index (χ1) is 10.7. The van der Waals surface area contributed by atoms with Crippen molar-refractivity contribution in [1.29, 1.82) is 0 Å². The summed E-state index contributed by atoms with van der Waals surface area (Å²) in [7, 11) is 0. The number of aromatic nitrogens is 6. The molecule has 0 amide bonds. The van der Waals surface area contributed by atoms with Gasteiger partial charge in [-0.1, -0.05) is 31.2 Å². The molecule has 0 aliphatic carbocycles. The molecule has 0 aromatic carbocycles. The highest BCUT2D eigenvalue weighted by atomic mass is 19.1. The van der Waals surface area contributed by atoms with Gasteiger partial charge < -0.3 is 5.73 Å². The number of anilines is 1. The number of carbonyl (C=O) groups is 1. The van der Waals surface area contributed by atoms with E-state index >= 15 is 0 Å². The van der Waals surface area contributed by atoms with Crippen LogP contribution in [0.2, 0.25) is 0 Å².